The van der Waals surface area contributed by atoms with Crippen LogP contribution in [0, 0.1) is 0 Å². The molecule has 3 heteroatoms. The highest BCUT2D eigenvalue weighted by molar-refractivity contribution is 5.85. The molecule has 1 amide bonds. The van der Waals surface area contributed by atoms with Crippen LogP contribution in [0.25, 0.3) is 10.8 Å². The number of fused-ring (bicyclic) bond motifs is 1. The number of benzene rings is 3. The molecular formula is C20H19NO2. The molecule has 0 atom stereocenters. The summed E-state index contributed by atoms with van der Waals surface area (Å²) in [6.45, 7) is 0.504. The maximum atomic E-state index is 12.1. The average Bonchev–Trinajstić information content (AvgIpc) is 2.60. The summed E-state index contributed by atoms with van der Waals surface area (Å²) < 4.78 is 5.19. The first kappa shape index (κ1) is 15.1. The second-order valence-corrected chi connectivity index (χ2v) is 5.49. The zero-order chi connectivity index (χ0) is 16.1. The van der Waals surface area contributed by atoms with Crippen LogP contribution in [0.3, 0.4) is 0 Å². The van der Waals surface area contributed by atoms with E-state index in [0.717, 1.165) is 22.3 Å². The lowest BCUT2D eigenvalue weighted by molar-refractivity contribution is -0.120. The Hall–Kier alpha value is -2.81. The monoisotopic (exact) mass is 305 g/mol. The molecule has 23 heavy (non-hydrogen) atoms. The van der Waals surface area contributed by atoms with Crippen LogP contribution in [-0.4, -0.2) is 13.0 Å². The molecule has 0 saturated heterocycles. The van der Waals surface area contributed by atoms with Gasteiger partial charge in [-0.1, -0.05) is 54.6 Å². The zero-order valence-corrected chi connectivity index (χ0v) is 13.1. The van der Waals surface area contributed by atoms with Crippen LogP contribution in [0.2, 0.25) is 0 Å². The molecule has 0 aliphatic rings. The summed E-state index contributed by atoms with van der Waals surface area (Å²) in [5.41, 5.74) is 2.04. The van der Waals surface area contributed by atoms with Gasteiger partial charge in [0, 0.05) is 6.54 Å². The minimum absolute atomic E-state index is 0.0168. The first-order chi connectivity index (χ1) is 11.2. The lowest BCUT2D eigenvalue weighted by Gasteiger charge is -2.08. The summed E-state index contributed by atoms with van der Waals surface area (Å²) in [6, 6.07) is 22.0. The smallest absolute Gasteiger partial charge is 0.224 e. The molecule has 3 aromatic carbocycles. The van der Waals surface area contributed by atoms with E-state index in [0.29, 0.717) is 13.0 Å². The van der Waals surface area contributed by atoms with Crippen molar-refractivity contribution in [1.29, 1.82) is 0 Å². The summed E-state index contributed by atoms with van der Waals surface area (Å²) in [4.78, 5) is 12.1. The van der Waals surface area contributed by atoms with Crippen LogP contribution in [0.4, 0.5) is 0 Å². The second kappa shape index (κ2) is 6.97. The minimum Gasteiger partial charge on any atom is -0.497 e. The maximum absolute atomic E-state index is 12.1. The van der Waals surface area contributed by atoms with Crippen LogP contribution in [0.15, 0.2) is 66.7 Å². The molecule has 0 radical (unpaired) electrons. The summed E-state index contributed by atoms with van der Waals surface area (Å²) >= 11 is 0. The number of rotatable bonds is 5. The van der Waals surface area contributed by atoms with Crippen LogP contribution in [0.1, 0.15) is 11.1 Å². The molecule has 0 unspecified atom stereocenters. The van der Waals surface area contributed by atoms with E-state index in [1.807, 2.05) is 42.5 Å². The molecule has 0 aromatic heterocycles. The normalized spacial score (nSPS) is 10.5. The van der Waals surface area contributed by atoms with Gasteiger partial charge in [-0.25, -0.2) is 0 Å². The fourth-order valence-corrected chi connectivity index (χ4v) is 2.58. The summed E-state index contributed by atoms with van der Waals surface area (Å²) in [6.07, 6.45) is 0.384. The highest BCUT2D eigenvalue weighted by Crippen LogP contribution is 2.16. The Morgan fingerprint density at radius 2 is 1.74 bits per heavy atom. The second-order valence-electron chi connectivity index (χ2n) is 5.49. The third kappa shape index (κ3) is 3.89. The van der Waals surface area contributed by atoms with Gasteiger partial charge >= 0.3 is 0 Å². The highest BCUT2D eigenvalue weighted by Gasteiger charge is 2.05. The largest absolute Gasteiger partial charge is 0.497 e. The van der Waals surface area contributed by atoms with Gasteiger partial charge in [0.05, 0.1) is 13.5 Å². The van der Waals surface area contributed by atoms with E-state index in [-0.39, 0.29) is 5.91 Å². The van der Waals surface area contributed by atoms with Crippen LogP contribution >= 0.6 is 0 Å². The predicted octanol–water partition coefficient (Wildman–Crippen LogP) is 3.71. The number of ether oxygens (including phenoxy) is 1. The molecule has 1 N–H and O–H groups in total. The standard InChI is InChI=1S/C20H19NO2/c1-23-19-8-4-5-16(12-19)14-21-20(22)13-15-9-10-17-6-2-3-7-18(17)11-15/h2-12H,13-14H2,1H3,(H,21,22). The van der Waals surface area contributed by atoms with Crippen molar-refractivity contribution in [2.24, 2.45) is 0 Å². The summed E-state index contributed by atoms with van der Waals surface area (Å²) in [5, 5.41) is 5.30. The Morgan fingerprint density at radius 3 is 2.57 bits per heavy atom. The third-order valence-electron chi connectivity index (χ3n) is 3.80. The number of methoxy groups -OCH3 is 1. The van der Waals surface area contributed by atoms with Crippen molar-refractivity contribution >= 4 is 16.7 Å². The number of hydrogen-bond donors (Lipinski definition) is 1. The fourth-order valence-electron chi connectivity index (χ4n) is 2.58. The molecule has 0 heterocycles. The zero-order valence-electron chi connectivity index (χ0n) is 13.1. The van der Waals surface area contributed by atoms with Gasteiger partial charge in [0.2, 0.25) is 5.91 Å². The molecule has 0 aliphatic carbocycles. The highest BCUT2D eigenvalue weighted by atomic mass is 16.5. The summed E-state index contributed by atoms with van der Waals surface area (Å²) in [7, 11) is 1.64. The van der Waals surface area contributed by atoms with Gasteiger partial charge in [-0.3, -0.25) is 4.79 Å². The van der Waals surface area contributed by atoms with E-state index in [9.17, 15) is 4.79 Å². The minimum atomic E-state index is 0.0168. The molecular weight excluding hydrogens is 286 g/mol. The van der Waals surface area contributed by atoms with Crippen LogP contribution in [-0.2, 0) is 17.8 Å². The molecule has 0 aliphatic heterocycles. The topological polar surface area (TPSA) is 38.3 Å². The summed E-state index contributed by atoms with van der Waals surface area (Å²) in [5.74, 6) is 0.814. The Labute approximate surface area is 135 Å². The molecule has 3 aromatic rings. The van der Waals surface area contributed by atoms with Gasteiger partial charge < -0.3 is 10.1 Å². The van der Waals surface area contributed by atoms with E-state index in [2.05, 4.69) is 29.6 Å². The van der Waals surface area contributed by atoms with Gasteiger partial charge in [-0.2, -0.15) is 0 Å². The van der Waals surface area contributed by atoms with Gasteiger partial charge in [-0.15, -0.1) is 0 Å². The van der Waals surface area contributed by atoms with Gasteiger partial charge in [0.15, 0.2) is 0 Å². The first-order valence-corrected chi connectivity index (χ1v) is 7.62. The van der Waals surface area contributed by atoms with Crippen LogP contribution < -0.4 is 10.1 Å². The number of amides is 1. The van der Waals surface area contributed by atoms with Gasteiger partial charge in [0.1, 0.15) is 5.75 Å². The quantitative estimate of drug-likeness (QED) is 0.780. The van der Waals surface area contributed by atoms with Crippen molar-refractivity contribution in [3.8, 4) is 5.75 Å². The third-order valence-corrected chi connectivity index (χ3v) is 3.80. The predicted molar refractivity (Wildman–Crippen MR) is 92.5 cm³/mol. The van der Waals surface area contributed by atoms with E-state index in [1.165, 1.54) is 5.39 Å². The molecule has 0 spiro atoms. The molecule has 0 bridgehead atoms. The molecule has 3 nitrogen and oxygen atoms in total. The average molecular weight is 305 g/mol. The van der Waals surface area contributed by atoms with E-state index in [4.69, 9.17) is 4.74 Å². The van der Waals surface area contributed by atoms with Crippen molar-refractivity contribution in [3.05, 3.63) is 77.9 Å². The van der Waals surface area contributed by atoms with Gasteiger partial charge in [-0.05, 0) is 34.0 Å². The van der Waals surface area contributed by atoms with Gasteiger partial charge in [0.25, 0.3) is 0 Å². The number of carbonyl (C=O) groups excluding carboxylic acids is 1. The van der Waals surface area contributed by atoms with Crippen molar-refractivity contribution in [2.75, 3.05) is 7.11 Å². The molecule has 3 rings (SSSR count). The fraction of sp³-hybridized carbons (Fsp3) is 0.150. The van der Waals surface area contributed by atoms with E-state index < -0.39 is 0 Å². The van der Waals surface area contributed by atoms with Crippen molar-refractivity contribution in [3.63, 3.8) is 0 Å². The maximum Gasteiger partial charge on any atom is 0.224 e. The van der Waals surface area contributed by atoms with Crippen molar-refractivity contribution in [1.82, 2.24) is 5.32 Å². The van der Waals surface area contributed by atoms with Crippen molar-refractivity contribution < 1.29 is 9.53 Å². The molecule has 116 valence electrons. The van der Waals surface area contributed by atoms with E-state index in [1.54, 1.807) is 7.11 Å². The van der Waals surface area contributed by atoms with Crippen LogP contribution in [0.5, 0.6) is 5.75 Å². The Bertz CT molecular complexity index is 826. The SMILES string of the molecule is COc1cccc(CNC(=O)Cc2ccc3ccccc3c2)c1. The number of carbonyl (C=O) groups is 1. The molecule has 0 saturated carbocycles. The van der Waals surface area contributed by atoms with Crippen molar-refractivity contribution in [2.45, 2.75) is 13.0 Å². The number of hydrogen-bond acceptors (Lipinski definition) is 2. The lowest BCUT2D eigenvalue weighted by atomic mass is 10.0. The Kier molecular flexibility index (Phi) is 4.57. The molecule has 0 fully saturated rings. The first-order valence-electron chi connectivity index (χ1n) is 7.62. The number of nitrogens with one attached hydrogen (secondary N) is 1. The Morgan fingerprint density at radius 1 is 0.913 bits per heavy atom. The van der Waals surface area contributed by atoms with E-state index >= 15 is 0 Å². The Balaban J connectivity index is 1.61. The lowest BCUT2D eigenvalue weighted by Crippen LogP contribution is -2.24.